The number of hydrogen-bond donors (Lipinski definition) is 2. The number of amides is 2. The van der Waals surface area contributed by atoms with Gasteiger partial charge < -0.3 is 19.6 Å². The Morgan fingerprint density at radius 1 is 1.00 bits per heavy atom. The number of carboxylic acids is 1. The molecule has 3 aromatic rings. The summed E-state index contributed by atoms with van der Waals surface area (Å²) in [5.74, 6) is -1.15. The van der Waals surface area contributed by atoms with E-state index in [2.05, 4.69) is 15.8 Å². The number of rotatable bonds is 6. The summed E-state index contributed by atoms with van der Waals surface area (Å²) in [6.45, 7) is 1.38. The van der Waals surface area contributed by atoms with Crippen molar-refractivity contribution in [2.24, 2.45) is 5.10 Å². The number of furan rings is 1. The molecule has 8 heteroatoms. The largest absolute Gasteiger partial charge is 0.545 e. The first-order valence-corrected chi connectivity index (χ1v) is 8.55. The van der Waals surface area contributed by atoms with Crippen LogP contribution in [0.5, 0.6) is 0 Å². The van der Waals surface area contributed by atoms with Gasteiger partial charge in [-0.2, -0.15) is 5.10 Å². The van der Waals surface area contributed by atoms with Gasteiger partial charge in [-0.1, -0.05) is 24.3 Å². The molecule has 0 saturated heterocycles. The van der Waals surface area contributed by atoms with Gasteiger partial charge in [-0.25, -0.2) is 5.43 Å². The molecule has 146 valence electrons. The number of nitrogens with zero attached hydrogens (tertiary/aromatic N) is 1. The van der Waals surface area contributed by atoms with Crippen LogP contribution in [-0.4, -0.2) is 24.0 Å². The highest BCUT2D eigenvalue weighted by Crippen LogP contribution is 2.22. The van der Waals surface area contributed by atoms with Crippen LogP contribution in [0.1, 0.15) is 33.4 Å². The predicted molar refractivity (Wildman–Crippen MR) is 104 cm³/mol. The molecule has 1 heterocycles. The fourth-order valence-electron chi connectivity index (χ4n) is 2.54. The SMILES string of the molecule is CC(=O)Nc1cccc(C(=O)N/N=C\c2ccc(-c3cccc(C(=O)[O-])c3)o2)c1. The summed E-state index contributed by atoms with van der Waals surface area (Å²) >= 11 is 0. The summed E-state index contributed by atoms with van der Waals surface area (Å²) in [5.41, 5.74) is 3.82. The average molecular weight is 390 g/mol. The Morgan fingerprint density at radius 3 is 2.52 bits per heavy atom. The lowest BCUT2D eigenvalue weighted by molar-refractivity contribution is -0.255. The molecule has 0 spiro atoms. The molecule has 0 fully saturated rings. The molecule has 0 saturated carbocycles. The number of hydrazone groups is 1. The molecule has 1 aromatic heterocycles. The summed E-state index contributed by atoms with van der Waals surface area (Å²) in [6.07, 6.45) is 1.32. The van der Waals surface area contributed by atoms with Gasteiger partial charge in [-0.05, 0) is 42.0 Å². The fourth-order valence-corrected chi connectivity index (χ4v) is 2.54. The van der Waals surface area contributed by atoms with E-state index in [9.17, 15) is 19.5 Å². The number of carboxylic acid groups (broad SMARTS) is 1. The number of carbonyl (C=O) groups is 3. The fraction of sp³-hybridized carbons (Fsp3) is 0.0476. The standard InChI is InChI=1S/C21H17N3O5/c1-13(25)23-17-7-3-5-15(11-17)20(26)24-22-12-18-8-9-19(29-18)14-4-2-6-16(10-14)21(27)28/h2-12H,1H3,(H,23,25)(H,24,26)(H,27,28)/p-1/b22-12-. The van der Waals surface area contributed by atoms with Crippen molar-refractivity contribution < 1.29 is 23.9 Å². The van der Waals surface area contributed by atoms with Crippen LogP contribution in [0.2, 0.25) is 0 Å². The second-order valence-corrected chi connectivity index (χ2v) is 6.03. The average Bonchev–Trinajstić information content (AvgIpc) is 3.16. The van der Waals surface area contributed by atoms with E-state index in [4.69, 9.17) is 4.42 Å². The highest BCUT2D eigenvalue weighted by molar-refractivity contribution is 5.97. The van der Waals surface area contributed by atoms with Gasteiger partial charge in [0.2, 0.25) is 5.91 Å². The first kappa shape index (κ1) is 19.6. The molecule has 0 aliphatic rings. The first-order chi connectivity index (χ1) is 13.9. The third kappa shape index (κ3) is 5.16. The summed E-state index contributed by atoms with van der Waals surface area (Å²) in [6, 6.07) is 15.9. The van der Waals surface area contributed by atoms with Gasteiger partial charge in [0, 0.05) is 23.7 Å². The molecule has 2 aromatic carbocycles. The Bertz CT molecular complexity index is 1100. The van der Waals surface area contributed by atoms with Crippen LogP contribution < -0.4 is 15.8 Å². The molecule has 0 unspecified atom stereocenters. The van der Waals surface area contributed by atoms with Crippen molar-refractivity contribution in [2.75, 3.05) is 5.32 Å². The van der Waals surface area contributed by atoms with Gasteiger partial charge in [-0.15, -0.1) is 0 Å². The van der Waals surface area contributed by atoms with Crippen molar-refractivity contribution in [1.82, 2.24) is 5.43 Å². The zero-order valence-electron chi connectivity index (χ0n) is 15.3. The summed E-state index contributed by atoms with van der Waals surface area (Å²) in [4.78, 5) is 34.2. The lowest BCUT2D eigenvalue weighted by Crippen LogP contribution is -2.22. The minimum Gasteiger partial charge on any atom is -0.545 e. The van der Waals surface area contributed by atoms with E-state index < -0.39 is 11.9 Å². The Morgan fingerprint density at radius 2 is 1.76 bits per heavy atom. The minimum absolute atomic E-state index is 0.0443. The van der Waals surface area contributed by atoms with Crippen molar-refractivity contribution in [2.45, 2.75) is 6.92 Å². The minimum atomic E-state index is -1.27. The molecule has 29 heavy (non-hydrogen) atoms. The van der Waals surface area contributed by atoms with Gasteiger partial charge in [0.1, 0.15) is 11.5 Å². The van der Waals surface area contributed by atoms with Crippen molar-refractivity contribution in [3.63, 3.8) is 0 Å². The summed E-state index contributed by atoms with van der Waals surface area (Å²) in [7, 11) is 0. The number of nitrogens with one attached hydrogen (secondary N) is 2. The van der Waals surface area contributed by atoms with Crippen LogP contribution in [0.3, 0.4) is 0 Å². The number of anilines is 1. The van der Waals surface area contributed by atoms with Crippen LogP contribution in [0.4, 0.5) is 5.69 Å². The van der Waals surface area contributed by atoms with Crippen LogP contribution >= 0.6 is 0 Å². The topological polar surface area (TPSA) is 124 Å². The number of aromatic carboxylic acids is 1. The number of benzene rings is 2. The molecule has 0 aliphatic heterocycles. The molecule has 0 aliphatic carbocycles. The summed E-state index contributed by atoms with van der Waals surface area (Å²) < 4.78 is 5.59. The van der Waals surface area contributed by atoms with E-state index in [0.717, 1.165) is 0 Å². The second-order valence-electron chi connectivity index (χ2n) is 6.03. The maximum absolute atomic E-state index is 12.2. The van der Waals surface area contributed by atoms with Gasteiger partial charge in [-0.3, -0.25) is 9.59 Å². The predicted octanol–water partition coefficient (Wildman–Crippen LogP) is 2.03. The second kappa shape index (κ2) is 8.66. The van der Waals surface area contributed by atoms with Crippen molar-refractivity contribution in [3.8, 4) is 11.3 Å². The van der Waals surface area contributed by atoms with Crippen LogP contribution in [0.15, 0.2) is 70.2 Å². The van der Waals surface area contributed by atoms with Crippen molar-refractivity contribution >= 4 is 29.7 Å². The molecule has 8 nitrogen and oxygen atoms in total. The third-order valence-corrected chi connectivity index (χ3v) is 3.81. The molecular weight excluding hydrogens is 374 g/mol. The smallest absolute Gasteiger partial charge is 0.271 e. The molecule has 3 rings (SSSR count). The lowest BCUT2D eigenvalue weighted by Gasteiger charge is -2.04. The molecule has 2 N–H and O–H groups in total. The lowest BCUT2D eigenvalue weighted by atomic mass is 10.1. The molecule has 0 bridgehead atoms. The van der Waals surface area contributed by atoms with E-state index in [1.807, 2.05) is 0 Å². The molecule has 0 radical (unpaired) electrons. The quantitative estimate of drug-likeness (QED) is 0.492. The Labute approximate surface area is 165 Å². The van der Waals surface area contributed by atoms with Crippen LogP contribution in [-0.2, 0) is 4.79 Å². The van der Waals surface area contributed by atoms with Gasteiger partial charge in [0.05, 0.1) is 12.2 Å². The van der Waals surface area contributed by atoms with Gasteiger partial charge in [0.15, 0.2) is 0 Å². The van der Waals surface area contributed by atoms with Crippen LogP contribution in [0.25, 0.3) is 11.3 Å². The van der Waals surface area contributed by atoms with E-state index in [0.29, 0.717) is 28.3 Å². The first-order valence-electron chi connectivity index (χ1n) is 8.55. The van der Waals surface area contributed by atoms with E-state index >= 15 is 0 Å². The van der Waals surface area contributed by atoms with E-state index in [1.165, 1.54) is 31.3 Å². The van der Waals surface area contributed by atoms with E-state index in [-0.39, 0.29) is 11.5 Å². The Kier molecular flexibility index (Phi) is 5.84. The zero-order chi connectivity index (χ0) is 20.8. The van der Waals surface area contributed by atoms with Crippen LogP contribution in [0, 0.1) is 0 Å². The zero-order valence-corrected chi connectivity index (χ0v) is 15.3. The van der Waals surface area contributed by atoms with Gasteiger partial charge in [0.25, 0.3) is 5.91 Å². The van der Waals surface area contributed by atoms with Crippen molar-refractivity contribution in [3.05, 3.63) is 77.6 Å². The Hall–Kier alpha value is -4.20. The highest BCUT2D eigenvalue weighted by Gasteiger charge is 2.07. The maximum Gasteiger partial charge on any atom is 0.271 e. The van der Waals surface area contributed by atoms with Crippen molar-refractivity contribution in [1.29, 1.82) is 0 Å². The van der Waals surface area contributed by atoms with E-state index in [1.54, 1.807) is 42.5 Å². The highest BCUT2D eigenvalue weighted by atomic mass is 16.4. The molecule has 0 atom stereocenters. The normalized spacial score (nSPS) is 10.7. The molecule has 2 amide bonds. The Balaban J connectivity index is 1.66. The maximum atomic E-state index is 12.2. The number of carbonyl (C=O) groups excluding carboxylic acids is 3. The number of hydrogen-bond acceptors (Lipinski definition) is 6. The summed E-state index contributed by atoms with van der Waals surface area (Å²) in [5, 5.41) is 17.4. The monoisotopic (exact) mass is 390 g/mol. The third-order valence-electron chi connectivity index (χ3n) is 3.81. The van der Waals surface area contributed by atoms with Gasteiger partial charge >= 0.3 is 0 Å². The molecular formula is C21H16N3O5-.